The van der Waals surface area contributed by atoms with Crippen LogP contribution in [0.2, 0.25) is 0 Å². The fourth-order valence-electron chi connectivity index (χ4n) is 1.58. The molecule has 8 heteroatoms. The largest absolute Gasteiger partial charge is 0.497 e. The van der Waals surface area contributed by atoms with Crippen LogP contribution in [-0.2, 0) is 6.54 Å². The second-order valence-electron chi connectivity index (χ2n) is 3.91. The minimum atomic E-state index is 0.0509. The monoisotopic (exact) mass is 292 g/mol. The van der Waals surface area contributed by atoms with Crippen molar-refractivity contribution in [1.82, 2.24) is 15.0 Å². The van der Waals surface area contributed by atoms with E-state index in [1.807, 2.05) is 6.07 Å². The molecule has 112 valence electrons. The van der Waals surface area contributed by atoms with Crippen molar-refractivity contribution in [3.63, 3.8) is 0 Å². The topological polar surface area (TPSA) is 102 Å². The third kappa shape index (κ3) is 3.69. The van der Waals surface area contributed by atoms with Gasteiger partial charge in [0.2, 0.25) is 0 Å². The molecule has 0 atom stereocenters. The molecule has 2 rings (SSSR count). The summed E-state index contributed by atoms with van der Waals surface area (Å²) >= 11 is 0. The predicted molar refractivity (Wildman–Crippen MR) is 73.9 cm³/mol. The molecule has 0 bridgehead atoms. The van der Waals surface area contributed by atoms with Gasteiger partial charge in [-0.3, -0.25) is 0 Å². The molecule has 8 nitrogen and oxygen atoms in total. The zero-order valence-electron chi connectivity index (χ0n) is 12.0. The van der Waals surface area contributed by atoms with Crippen LogP contribution in [0.1, 0.15) is 5.56 Å². The second kappa shape index (κ2) is 6.71. The Bertz CT molecular complexity index is 523. The number of hydrogen-bond donors (Lipinski definition) is 1. The van der Waals surface area contributed by atoms with E-state index in [0.29, 0.717) is 18.0 Å². The number of methoxy groups -OCH3 is 3. The summed E-state index contributed by atoms with van der Waals surface area (Å²) in [6, 6.07) is 5.53. The lowest BCUT2D eigenvalue weighted by Gasteiger charge is -2.09. The summed E-state index contributed by atoms with van der Waals surface area (Å²) in [6.45, 7) is 0.359. The molecule has 0 radical (unpaired) electrons. The third-order valence-electron chi connectivity index (χ3n) is 2.56. The number of ether oxygens (including phenoxy) is 4. The van der Waals surface area contributed by atoms with Crippen molar-refractivity contribution >= 4 is 0 Å². The molecule has 0 aliphatic heterocycles. The summed E-state index contributed by atoms with van der Waals surface area (Å²) in [5, 5.41) is 0. The lowest BCUT2D eigenvalue weighted by atomic mass is 10.2. The van der Waals surface area contributed by atoms with Crippen molar-refractivity contribution in [2.75, 3.05) is 21.3 Å². The molecular formula is C13H16N4O4. The molecule has 1 aromatic carbocycles. The Morgan fingerprint density at radius 2 is 1.38 bits per heavy atom. The van der Waals surface area contributed by atoms with Crippen LogP contribution < -0.4 is 24.7 Å². The van der Waals surface area contributed by atoms with E-state index in [4.69, 9.17) is 24.7 Å². The molecule has 0 saturated carbocycles. The van der Waals surface area contributed by atoms with E-state index in [1.54, 1.807) is 19.2 Å². The number of benzene rings is 1. The fraction of sp³-hybridized carbons (Fsp3) is 0.308. The summed E-state index contributed by atoms with van der Waals surface area (Å²) in [5.74, 6) is 1.12. The van der Waals surface area contributed by atoms with Crippen LogP contribution in [0.5, 0.6) is 29.5 Å². The van der Waals surface area contributed by atoms with Crippen molar-refractivity contribution in [2.45, 2.75) is 6.54 Å². The summed E-state index contributed by atoms with van der Waals surface area (Å²) in [7, 11) is 4.45. The highest BCUT2D eigenvalue weighted by Gasteiger charge is 2.10. The van der Waals surface area contributed by atoms with E-state index in [9.17, 15) is 0 Å². The first-order chi connectivity index (χ1) is 10.2. The quantitative estimate of drug-likeness (QED) is 0.846. The number of aromatic nitrogens is 3. The Morgan fingerprint density at radius 1 is 0.810 bits per heavy atom. The van der Waals surface area contributed by atoms with Gasteiger partial charge < -0.3 is 24.7 Å². The SMILES string of the molecule is COc1cc(CN)cc(Oc2nc(OC)nc(OC)n2)c1. The van der Waals surface area contributed by atoms with Crippen molar-refractivity contribution < 1.29 is 18.9 Å². The van der Waals surface area contributed by atoms with Gasteiger partial charge in [-0.25, -0.2) is 0 Å². The first kappa shape index (κ1) is 14.8. The normalized spacial score (nSPS) is 10.1. The highest BCUT2D eigenvalue weighted by Crippen LogP contribution is 2.26. The zero-order chi connectivity index (χ0) is 15.2. The Balaban J connectivity index is 2.32. The Kier molecular flexibility index (Phi) is 4.72. The van der Waals surface area contributed by atoms with Gasteiger partial charge in [-0.05, 0) is 17.7 Å². The lowest BCUT2D eigenvalue weighted by Crippen LogP contribution is -2.02. The van der Waals surface area contributed by atoms with Gasteiger partial charge >= 0.3 is 18.0 Å². The smallest absolute Gasteiger partial charge is 0.331 e. The summed E-state index contributed by atoms with van der Waals surface area (Å²) < 4.78 is 20.7. The molecular weight excluding hydrogens is 276 g/mol. The van der Waals surface area contributed by atoms with Crippen LogP contribution >= 0.6 is 0 Å². The number of rotatable bonds is 6. The first-order valence-corrected chi connectivity index (χ1v) is 6.08. The third-order valence-corrected chi connectivity index (χ3v) is 2.56. The van der Waals surface area contributed by atoms with E-state index >= 15 is 0 Å². The van der Waals surface area contributed by atoms with Gasteiger partial charge in [0.25, 0.3) is 0 Å². The van der Waals surface area contributed by atoms with E-state index in [1.165, 1.54) is 14.2 Å². The molecule has 2 aromatic rings. The lowest BCUT2D eigenvalue weighted by molar-refractivity contribution is 0.320. The van der Waals surface area contributed by atoms with Crippen LogP contribution in [0, 0.1) is 0 Å². The van der Waals surface area contributed by atoms with Gasteiger partial charge in [-0.2, -0.15) is 0 Å². The minimum absolute atomic E-state index is 0.0509. The van der Waals surface area contributed by atoms with Crippen molar-refractivity contribution in [3.8, 4) is 29.5 Å². The number of hydrogen-bond acceptors (Lipinski definition) is 8. The molecule has 0 fully saturated rings. The average Bonchev–Trinajstić information content (AvgIpc) is 2.53. The van der Waals surface area contributed by atoms with Gasteiger partial charge in [0, 0.05) is 12.6 Å². The van der Waals surface area contributed by atoms with Crippen molar-refractivity contribution in [1.29, 1.82) is 0 Å². The summed E-state index contributed by atoms with van der Waals surface area (Å²) in [4.78, 5) is 11.9. The maximum atomic E-state index is 5.63. The summed E-state index contributed by atoms with van der Waals surface area (Å²) in [5.41, 5.74) is 6.49. The van der Waals surface area contributed by atoms with Gasteiger partial charge in [-0.1, -0.05) is 0 Å². The van der Waals surface area contributed by atoms with Gasteiger partial charge in [0.1, 0.15) is 11.5 Å². The molecule has 2 N–H and O–H groups in total. The van der Waals surface area contributed by atoms with E-state index in [-0.39, 0.29) is 18.0 Å². The predicted octanol–water partition coefficient (Wildman–Crippen LogP) is 1.15. The van der Waals surface area contributed by atoms with Crippen molar-refractivity contribution in [3.05, 3.63) is 23.8 Å². The van der Waals surface area contributed by atoms with Crippen LogP contribution in [0.15, 0.2) is 18.2 Å². The minimum Gasteiger partial charge on any atom is -0.497 e. The van der Waals surface area contributed by atoms with E-state index < -0.39 is 0 Å². The molecule has 0 unspecified atom stereocenters. The molecule has 1 aromatic heterocycles. The van der Waals surface area contributed by atoms with Gasteiger partial charge in [0.15, 0.2) is 0 Å². The van der Waals surface area contributed by atoms with Crippen LogP contribution in [0.4, 0.5) is 0 Å². The van der Waals surface area contributed by atoms with Gasteiger partial charge in [0.05, 0.1) is 21.3 Å². The molecule has 1 heterocycles. The Hall–Kier alpha value is -2.61. The fourth-order valence-corrected chi connectivity index (χ4v) is 1.58. The van der Waals surface area contributed by atoms with E-state index in [0.717, 1.165) is 5.56 Å². The molecule has 0 spiro atoms. The molecule has 0 aliphatic rings. The highest BCUT2D eigenvalue weighted by molar-refractivity contribution is 5.39. The Labute approximate surface area is 121 Å². The second-order valence-corrected chi connectivity index (χ2v) is 3.91. The summed E-state index contributed by atoms with van der Waals surface area (Å²) in [6.07, 6.45) is 0. The maximum Gasteiger partial charge on any atom is 0.331 e. The van der Waals surface area contributed by atoms with Crippen molar-refractivity contribution in [2.24, 2.45) is 5.73 Å². The molecule has 0 saturated heterocycles. The van der Waals surface area contributed by atoms with E-state index in [2.05, 4.69) is 15.0 Å². The molecule has 21 heavy (non-hydrogen) atoms. The van der Waals surface area contributed by atoms with Crippen LogP contribution in [-0.4, -0.2) is 36.3 Å². The molecule has 0 amide bonds. The first-order valence-electron chi connectivity index (χ1n) is 6.08. The number of nitrogens with two attached hydrogens (primary N) is 1. The highest BCUT2D eigenvalue weighted by atomic mass is 16.5. The Morgan fingerprint density at radius 3 is 1.90 bits per heavy atom. The maximum absolute atomic E-state index is 5.63. The zero-order valence-corrected chi connectivity index (χ0v) is 12.0. The molecule has 0 aliphatic carbocycles. The van der Waals surface area contributed by atoms with Crippen LogP contribution in [0.3, 0.4) is 0 Å². The van der Waals surface area contributed by atoms with Gasteiger partial charge in [-0.15, -0.1) is 15.0 Å². The van der Waals surface area contributed by atoms with Crippen LogP contribution in [0.25, 0.3) is 0 Å². The average molecular weight is 292 g/mol. The number of nitrogens with zero attached hydrogens (tertiary/aromatic N) is 3. The standard InChI is InChI=1S/C13H16N4O4/c1-18-9-4-8(7-14)5-10(6-9)21-13-16-11(19-2)15-12(17-13)20-3/h4-6H,7,14H2,1-3H3.